The van der Waals surface area contributed by atoms with Crippen molar-refractivity contribution in [3.8, 4) is 0 Å². The first-order valence-corrected chi connectivity index (χ1v) is 9.65. The van der Waals surface area contributed by atoms with Gasteiger partial charge < -0.3 is 0 Å². The highest BCUT2D eigenvalue weighted by atomic mass is 14.7. The van der Waals surface area contributed by atoms with Gasteiger partial charge in [-0.05, 0) is 63.9 Å². The molecule has 0 atom stereocenters. The lowest BCUT2D eigenvalue weighted by molar-refractivity contribution is 0.667. The number of hydrogen-bond acceptors (Lipinski definition) is 1. The number of pyridine rings is 1. The molecule has 4 aromatic carbocycles. The highest BCUT2D eigenvalue weighted by Gasteiger charge is 2.32. The van der Waals surface area contributed by atoms with E-state index >= 15 is 0 Å². The molecule has 0 aliphatic carbocycles. The van der Waals surface area contributed by atoms with Gasteiger partial charge in [-0.2, -0.15) is 0 Å². The van der Waals surface area contributed by atoms with Crippen molar-refractivity contribution in [3.05, 3.63) is 126 Å². The second-order valence-corrected chi connectivity index (χ2v) is 7.46. The molecule has 1 aromatic heterocycles. The monoisotopic (exact) mass is 359 g/mol. The molecule has 1 heteroatoms. The highest BCUT2D eigenvalue weighted by molar-refractivity contribution is 5.85. The molecule has 0 fully saturated rings. The lowest BCUT2D eigenvalue weighted by Gasteiger charge is -2.31. The summed E-state index contributed by atoms with van der Waals surface area (Å²) in [6.07, 6.45) is 1.88. The zero-order valence-corrected chi connectivity index (χ0v) is 15.8. The molecule has 0 saturated carbocycles. The van der Waals surface area contributed by atoms with Gasteiger partial charge in [-0.1, -0.05) is 78.9 Å². The maximum atomic E-state index is 4.76. The third-order valence-electron chi connectivity index (χ3n) is 5.83. The standard InChI is InChI=1S/C27H21N/c1-27(26-12-6-7-17-28-26,24-15-13-20-8-2-4-10-22(20)18-24)25-16-14-21-9-3-5-11-23(21)19-25/h2-19H,1H3. The van der Waals surface area contributed by atoms with Crippen molar-refractivity contribution < 1.29 is 0 Å². The molecule has 0 radical (unpaired) electrons. The van der Waals surface area contributed by atoms with Gasteiger partial charge in [0.25, 0.3) is 0 Å². The van der Waals surface area contributed by atoms with E-state index in [-0.39, 0.29) is 5.41 Å². The predicted molar refractivity (Wildman–Crippen MR) is 118 cm³/mol. The number of fused-ring (bicyclic) bond motifs is 2. The first-order valence-electron chi connectivity index (χ1n) is 9.65. The van der Waals surface area contributed by atoms with Crippen LogP contribution >= 0.6 is 0 Å². The van der Waals surface area contributed by atoms with Crippen molar-refractivity contribution in [3.63, 3.8) is 0 Å². The molecule has 0 unspecified atom stereocenters. The predicted octanol–water partition coefficient (Wildman–Crippen LogP) is 6.74. The van der Waals surface area contributed by atoms with Crippen LogP contribution in [0.25, 0.3) is 21.5 Å². The molecule has 0 bridgehead atoms. The molecule has 1 heterocycles. The molecule has 0 amide bonds. The van der Waals surface area contributed by atoms with Gasteiger partial charge in [0.15, 0.2) is 0 Å². The van der Waals surface area contributed by atoms with Crippen molar-refractivity contribution >= 4 is 21.5 Å². The summed E-state index contributed by atoms with van der Waals surface area (Å²) < 4.78 is 0. The van der Waals surface area contributed by atoms with Crippen molar-refractivity contribution in [2.75, 3.05) is 0 Å². The van der Waals surface area contributed by atoms with Gasteiger partial charge in [0.1, 0.15) is 0 Å². The normalized spacial score (nSPS) is 11.8. The van der Waals surface area contributed by atoms with Crippen molar-refractivity contribution in [1.82, 2.24) is 4.98 Å². The van der Waals surface area contributed by atoms with E-state index in [0.29, 0.717) is 0 Å². The molecule has 0 N–H and O–H groups in total. The number of hydrogen-bond donors (Lipinski definition) is 0. The highest BCUT2D eigenvalue weighted by Crippen LogP contribution is 2.39. The van der Waals surface area contributed by atoms with E-state index in [9.17, 15) is 0 Å². The Morgan fingerprint density at radius 1 is 0.536 bits per heavy atom. The number of rotatable bonds is 3. The van der Waals surface area contributed by atoms with Crippen LogP contribution in [0.4, 0.5) is 0 Å². The van der Waals surface area contributed by atoms with Gasteiger partial charge in [-0.15, -0.1) is 0 Å². The van der Waals surface area contributed by atoms with E-state index in [1.54, 1.807) is 0 Å². The Morgan fingerprint density at radius 3 is 1.54 bits per heavy atom. The smallest absolute Gasteiger partial charge is 0.0596 e. The maximum absolute atomic E-state index is 4.76. The van der Waals surface area contributed by atoms with E-state index in [4.69, 9.17) is 4.98 Å². The fraction of sp³-hybridized carbons (Fsp3) is 0.0741. The van der Waals surface area contributed by atoms with E-state index in [0.717, 1.165) is 5.69 Å². The van der Waals surface area contributed by atoms with Crippen LogP contribution in [0.5, 0.6) is 0 Å². The third kappa shape index (κ3) is 2.68. The zero-order chi connectivity index (χ0) is 19.0. The quantitative estimate of drug-likeness (QED) is 0.347. The van der Waals surface area contributed by atoms with Crippen LogP contribution in [-0.4, -0.2) is 4.98 Å². The molecule has 28 heavy (non-hydrogen) atoms. The fourth-order valence-corrected chi connectivity index (χ4v) is 4.12. The Hall–Kier alpha value is -3.45. The minimum atomic E-state index is -0.338. The second-order valence-electron chi connectivity index (χ2n) is 7.46. The minimum Gasteiger partial charge on any atom is -0.260 e. The lowest BCUT2D eigenvalue weighted by Crippen LogP contribution is -2.26. The van der Waals surface area contributed by atoms with Gasteiger partial charge in [-0.3, -0.25) is 4.98 Å². The average Bonchev–Trinajstić information content (AvgIpc) is 2.78. The molecule has 0 spiro atoms. The first-order chi connectivity index (χ1) is 13.7. The average molecular weight is 359 g/mol. The summed E-state index contributed by atoms with van der Waals surface area (Å²) in [6.45, 7) is 2.28. The van der Waals surface area contributed by atoms with Crippen molar-refractivity contribution in [1.29, 1.82) is 0 Å². The summed E-state index contributed by atoms with van der Waals surface area (Å²) >= 11 is 0. The molecule has 5 rings (SSSR count). The Labute approximate surface area is 165 Å². The SMILES string of the molecule is CC(c1ccc2ccccc2c1)(c1ccc2ccccc2c1)c1ccccn1. The Balaban J connectivity index is 1.79. The first kappa shape index (κ1) is 16.7. The molecule has 0 aliphatic heterocycles. The molecular weight excluding hydrogens is 338 g/mol. The molecule has 5 aromatic rings. The maximum Gasteiger partial charge on any atom is 0.0596 e. The van der Waals surface area contributed by atoms with Crippen LogP contribution in [0.2, 0.25) is 0 Å². The summed E-state index contributed by atoms with van der Waals surface area (Å²) in [4.78, 5) is 4.76. The van der Waals surface area contributed by atoms with E-state index in [2.05, 4.69) is 104 Å². The van der Waals surface area contributed by atoms with Gasteiger partial charge >= 0.3 is 0 Å². The summed E-state index contributed by atoms with van der Waals surface area (Å²) in [5.74, 6) is 0. The second kappa shape index (κ2) is 6.61. The number of nitrogens with zero attached hydrogens (tertiary/aromatic N) is 1. The Kier molecular flexibility index (Phi) is 3.95. The molecule has 134 valence electrons. The van der Waals surface area contributed by atoms with Gasteiger partial charge in [0, 0.05) is 6.20 Å². The molecular formula is C27H21N. The fourth-order valence-electron chi connectivity index (χ4n) is 4.12. The van der Waals surface area contributed by atoms with Crippen LogP contribution in [0.1, 0.15) is 23.7 Å². The summed E-state index contributed by atoms with van der Waals surface area (Å²) in [7, 11) is 0. The Morgan fingerprint density at radius 2 is 1.04 bits per heavy atom. The largest absolute Gasteiger partial charge is 0.260 e. The van der Waals surface area contributed by atoms with Crippen LogP contribution in [-0.2, 0) is 5.41 Å². The van der Waals surface area contributed by atoms with Crippen LogP contribution in [0, 0.1) is 0 Å². The zero-order valence-electron chi connectivity index (χ0n) is 15.8. The van der Waals surface area contributed by atoms with Crippen LogP contribution in [0.3, 0.4) is 0 Å². The number of benzene rings is 4. The van der Waals surface area contributed by atoms with Crippen LogP contribution < -0.4 is 0 Å². The van der Waals surface area contributed by atoms with E-state index in [1.165, 1.54) is 32.7 Å². The van der Waals surface area contributed by atoms with Crippen LogP contribution in [0.15, 0.2) is 109 Å². The summed E-state index contributed by atoms with van der Waals surface area (Å²) in [5.41, 5.74) is 3.22. The Bertz CT molecular complexity index is 1190. The van der Waals surface area contributed by atoms with Crippen molar-refractivity contribution in [2.24, 2.45) is 0 Å². The topological polar surface area (TPSA) is 12.9 Å². The summed E-state index contributed by atoms with van der Waals surface area (Å²) in [5, 5.41) is 5.02. The lowest BCUT2D eigenvalue weighted by atomic mass is 9.72. The van der Waals surface area contributed by atoms with Gasteiger partial charge in [0.2, 0.25) is 0 Å². The molecule has 0 saturated heterocycles. The number of aromatic nitrogens is 1. The minimum absolute atomic E-state index is 0.338. The summed E-state index contributed by atoms with van der Waals surface area (Å²) in [6, 6.07) is 36.7. The van der Waals surface area contributed by atoms with Crippen molar-refractivity contribution in [2.45, 2.75) is 12.3 Å². The third-order valence-corrected chi connectivity index (χ3v) is 5.83. The molecule has 1 nitrogen and oxygen atoms in total. The van der Waals surface area contributed by atoms with Gasteiger partial charge in [0.05, 0.1) is 11.1 Å². The van der Waals surface area contributed by atoms with E-state index in [1.807, 2.05) is 12.3 Å². The van der Waals surface area contributed by atoms with E-state index < -0.39 is 0 Å². The van der Waals surface area contributed by atoms with Gasteiger partial charge in [-0.25, -0.2) is 0 Å². The molecule has 0 aliphatic rings.